The average molecular weight is 934 g/mol. The third-order valence-electron chi connectivity index (χ3n) is 8.16. The van der Waals surface area contributed by atoms with Crippen LogP contribution >= 0.6 is 0 Å². The molecule has 4 aromatic rings. The van der Waals surface area contributed by atoms with Crippen molar-refractivity contribution in [3.8, 4) is 22.9 Å². The van der Waals surface area contributed by atoms with Crippen molar-refractivity contribution in [2.75, 3.05) is 25.4 Å². The van der Waals surface area contributed by atoms with Gasteiger partial charge in [-0.3, -0.25) is 5.10 Å². The van der Waals surface area contributed by atoms with E-state index in [-0.39, 0.29) is 46.4 Å². The third-order valence-corrected chi connectivity index (χ3v) is 8.16. The number of anilines is 1. The fourth-order valence-corrected chi connectivity index (χ4v) is 4.77. The largest absolute Gasteiger partial charge is 0.462 e. The van der Waals surface area contributed by atoms with Crippen LogP contribution in [0.4, 0.5) is 89.1 Å². The monoisotopic (exact) mass is 933 g/mol. The molecule has 0 spiro atoms. The minimum atomic E-state index is -9.13. The van der Waals surface area contributed by atoms with Crippen LogP contribution in [0.15, 0.2) is 48.5 Å². The molecule has 11 nitrogen and oxygen atoms in total. The van der Waals surface area contributed by atoms with Crippen LogP contribution in [0.3, 0.4) is 0 Å². The van der Waals surface area contributed by atoms with E-state index in [1.54, 1.807) is 13.8 Å². The van der Waals surface area contributed by atoms with Crippen LogP contribution in [-0.4, -0.2) is 105 Å². The van der Waals surface area contributed by atoms with Crippen molar-refractivity contribution >= 4 is 23.3 Å². The molecule has 0 amide bonds. The number of alkyl halides is 19. The van der Waals surface area contributed by atoms with E-state index >= 15 is 0 Å². The second kappa shape index (κ2) is 16.2. The Kier molecular flexibility index (Phi) is 12.8. The number of hydrogen-bond donors (Lipinski definition) is 2. The maximum Gasteiger partial charge on any atom is 0.460 e. The lowest BCUT2D eigenvalue weighted by molar-refractivity contribution is -0.467. The van der Waals surface area contributed by atoms with Gasteiger partial charge in [-0.25, -0.2) is 14.6 Å². The van der Waals surface area contributed by atoms with E-state index in [4.69, 9.17) is 9.47 Å². The summed E-state index contributed by atoms with van der Waals surface area (Å²) in [5, 5.41) is 9.47. The van der Waals surface area contributed by atoms with Crippen molar-refractivity contribution in [3.63, 3.8) is 0 Å². The number of aromatic nitrogens is 4. The van der Waals surface area contributed by atoms with Gasteiger partial charge in [0.05, 0.1) is 17.9 Å². The number of carbonyl (C=O) groups is 2. The van der Waals surface area contributed by atoms with Crippen LogP contribution in [0.5, 0.6) is 11.5 Å². The summed E-state index contributed by atoms with van der Waals surface area (Å²) in [6.45, 7) is 0.412. The molecule has 30 heteroatoms. The lowest BCUT2D eigenvalue weighted by Crippen LogP contribution is -2.76. The summed E-state index contributed by atoms with van der Waals surface area (Å²) in [7, 11) is 0. The van der Waals surface area contributed by atoms with Crippen molar-refractivity contribution in [2.24, 2.45) is 0 Å². The second-order valence-corrected chi connectivity index (χ2v) is 12.3. The van der Waals surface area contributed by atoms with Crippen molar-refractivity contribution in [1.82, 2.24) is 19.8 Å². The highest BCUT2D eigenvalue weighted by Crippen LogP contribution is 2.65. The first-order valence-electron chi connectivity index (χ1n) is 16.2. The number of ether oxygens (including phenoxy) is 4. The van der Waals surface area contributed by atoms with Crippen LogP contribution in [0.2, 0.25) is 0 Å². The van der Waals surface area contributed by atoms with E-state index in [0.29, 0.717) is 5.69 Å². The van der Waals surface area contributed by atoms with Crippen LogP contribution in [0, 0.1) is 6.92 Å². The molecule has 0 saturated heterocycles. The molecule has 0 unspecified atom stereocenters. The smallest absolute Gasteiger partial charge is 0.460 e. The van der Waals surface area contributed by atoms with Gasteiger partial charge in [0.15, 0.2) is 18.4 Å². The molecule has 62 heavy (non-hydrogen) atoms. The first kappa shape index (κ1) is 49.0. The Bertz CT molecular complexity index is 2260. The summed E-state index contributed by atoms with van der Waals surface area (Å²) in [6.07, 6.45) is -8.00. The average Bonchev–Trinajstić information content (AvgIpc) is 3.71. The summed E-state index contributed by atoms with van der Waals surface area (Å²) >= 11 is 0. The Morgan fingerprint density at radius 3 is 1.77 bits per heavy atom. The van der Waals surface area contributed by atoms with Gasteiger partial charge >= 0.3 is 65.5 Å². The number of aromatic amines is 1. The van der Waals surface area contributed by atoms with Crippen molar-refractivity contribution in [1.29, 1.82) is 0 Å². The molecule has 344 valence electrons. The summed E-state index contributed by atoms with van der Waals surface area (Å²) in [5.41, 5.74) is 1.12. The predicted molar refractivity (Wildman–Crippen MR) is 166 cm³/mol. The molecule has 0 bridgehead atoms. The molecule has 0 atom stereocenters. The van der Waals surface area contributed by atoms with E-state index < -0.39 is 79.0 Å². The Labute approximate surface area is 331 Å². The highest BCUT2D eigenvalue weighted by atomic mass is 19.4. The van der Waals surface area contributed by atoms with Crippen LogP contribution < -0.4 is 10.1 Å². The summed E-state index contributed by atoms with van der Waals surface area (Å²) in [5.74, 6) is -73.4. The zero-order valence-corrected chi connectivity index (χ0v) is 30.2. The van der Waals surface area contributed by atoms with Crippen LogP contribution in [0.25, 0.3) is 17.0 Å². The van der Waals surface area contributed by atoms with Gasteiger partial charge in [0.25, 0.3) is 0 Å². The third kappa shape index (κ3) is 7.95. The quantitative estimate of drug-likeness (QED) is 0.0434. The van der Waals surface area contributed by atoms with Crippen molar-refractivity contribution < 1.29 is 112 Å². The SMILES string of the molecule is CCOC(=O)c1ccc(Oc2c(C)[nH]n3nc(-c4cccc(NCOCOC(=O)C(F)(F)C(F)(F)C(F)(F)C(F)(F)C(F)(F)C(F)(F)C(F)(F)C(F)(F)C(F)(F)F)c4)nc23)cc1. The standard InChI is InChI=1S/C32H22F19N5O6/c1-3-60-22(57)15-7-9-18(10-8-15)62-19-14(2)54-56-21(19)53-20(55-56)16-5-4-6-17(11-16)52-12-59-13-61-23(58)24(33,34)25(35,36)26(37,38)27(39,40)28(41,42)29(43,44)30(45,46)31(47,48)32(49,50)51/h4-11,52,54H,3,12-13H2,1-2H3. The van der Waals surface area contributed by atoms with Crippen LogP contribution in [0.1, 0.15) is 23.0 Å². The maximum absolute atomic E-state index is 14.1. The Morgan fingerprint density at radius 2 is 1.24 bits per heavy atom. The molecular formula is C32H22F19N5O6. The lowest BCUT2D eigenvalue weighted by atomic mass is 9.87. The number of esters is 2. The predicted octanol–water partition coefficient (Wildman–Crippen LogP) is 9.53. The Hall–Kier alpha value is -5.71. The summed E-state index contributed by atoms with van der Waals surface area (Å²) in [6, 6.07) is 11.2. The van der Waals surface area contributed by atoms with E-state index in [0.717, 1.165) is 0 Å². The van der Waals surface area contributed by atoms with Crippen molar-refractivity contribution in [3.05, 3.63) is 59.8 Å². The molecule has 2 aromatic heterocycles. The topological polar surface area (TPSA) is 129 Å². The molecule has 0 aliphatic carbocycles. The highest BCUT2D eigenvalue weighted by Gasteiger charge is 2.97. The minimum Gasteiger partial charge on any atom is -0.462 e. The van der Waals surface area contributed by atoms with Gasteiger partial charge < -0.3 is 24.3 Å². The number of nitrogens with one attached hydrogen (secondary N) is 2. The number of hydrogen-bond acceptors (Lipinski definition) is 9. The Morgan fingerprint density at radius 1 is 0.710 bits per heavy atom. The number of fused-ring (bicyclic) bond motifs is 1. The molecule has 4 rings (SSSR count). The van der Waals surface area contributed by atoms with E-state index in [9.17, 15) is 93.0 Å². The number of rotatable bonds is 18. The zero-order valence-electron chi connectivity index (χ0n) is 30.2. The number of benzene rings is 2. The first-order chi connectivity index (χ1) is 28.2. The number of halogens is 19. The molecule has 2 N–H and O–H groups in total. The van der Waals surface area contributed by atoms with Gasteiger partial charge in [0.1, 0.15) is 12.5 Å². The number of H-pyrrole nitrogens is 1. The molecule has 0 aliphatic rings. The molecule has 0 fully saturated rings. The molecular weight excluding hydrogens is 911 g/mol. The number of carbonyl (C=O) groups excluding carboxylic acids is 2. The molecule has 0 radical (unpaired) electrons. The zero-order chi connectivity index (χ0) is 47.3. The fraction of sp³-hybridized carbons (Fsp3) is 0.438. The van der Waals surface area contributed by atoms with Gasteiger partial charge in [-0.1, -0.05) is 12.1 Å². The van der Waals surface area contributed by atoms with E-state index in [1.807, 2.05) is 0 Å². The summed E-state index contributed by atoms with van der Waals surface area (Å²) in [4.78, 5) is 27.8. The molecule has 0 saturated carbocycles. The van der Waals surface area contributed by atoms with Crippen LogP contribution in [-0.2, 0) is 19.0 Å². The maximum atomic E-state index is 14.1. The lowest BCUT2D eigenvalue weighted by Gasteiger charge is -2.43. The van der Waals surface area contributed by atoms with Gasteiger partial charge in [0, 0.05) is 11.3 Å². The first-order valence-corrected chi connectivity index (χ1v) is 16.2. The number of aryl methyl sites for hydroxylation is 1. The number of nitrogens with zero attached hydrogens (tertiary/aromatic N) is 3. The van der Waals surface area contributed by atoms with Gasteiger partial charge in [-0.2, -0.15) is 83.4 Å². The van der Waals surface area contributed by atoms with Gasteiger partial charge in [-0.15, -0.1) is 9.73 Å². The molecule has 0 aliphatic heterocycles. The fourth-order valence-electron chi connectivity index (χ4n) is 4.77. The molecule has 2 heterocycles. The Balaban J connectivity index is 1.41. The molecule has 2 aromatic carbocycles. The normalized spacial score (nSPS) is 14.0. The van der Waals surface area contributed by atoms with Crippen molar-refractivity contribution in [2.45, 2.75) is 67.4 Å². The highest BCUT2D eigenvalue weighted by molar-refractivity contribution is 5.89. The van der Waals surface area contributed by atoms with Gasteiger partial charge in [-0.05, 0) is 50.2 Å². The minimum absolute atomic E-state index is 0.0252. The van der Waals surface area contributed by atoms with E-state index in [2.05, 4.69) is 30.0 Å². The van der Waals surface area contributed by atoms with Gasteiger partial charge in [0.2, 0.25) is 5.65 Å². The second-order valence-electron chi connectivity index (χ2n) is 12.3. The van der Waals surface area contributed by atoms with E-state index in [1.165, 1.54) is 53.2 Å². The summed E-state index contributed by atoms with van der Waals surface area (Å²) < 4.78 is 277.